The van der Waals surface area contributed by atoms with Gasteiger partial charge in [-0.15, -0.1) is 0 Å². The molecule has 0 atom stereocenters. The second-order valence-electron chi connectivity index (χ2n) is 9.33. The van der Waals surface area contributed by atoms with Crippen LogP contribution in [0.25, 0.3) is 28.3 Å². The van der Waals surface area contributed by atoms with E-state index in [1.54, 1.807) is 24.5 Å². The number of H-pyrrole nitrogens is 1. The van der Waals surface area contributed by atoms with Crippen molar-refractivity contribution in [1.29, 1.82) is 0 Å². The standard InChI is InChI=1S/C30H23ClF3N3O2/c31-25-14-24(30(32,33)34)17-35-29(25)28(20-2-1-3-20)27(21-7-4-18(5-8-21)6-13-26(38)39)22-11-9-19(10-12-22)23-15-36-37-16-23/h4-17,20H,1-3H2,(H,36,37)(H,38,39)/b13-6+,28-27+. The highest BCUT2D eigenvalue weighted by Gasteiger charge is 2.34. The first-order valence-corrected chi connectivity index (χ1v) is 12.7. The Balaban J connectivity index is 1.70. The fraction of sp³-hybridized carbons (Fsp3) is 0.167. The van der Waals surface area contributed by atoms with Crippen molar-refractivity contribution in [3.8, 4) is 11.1 Å². The maximum atomic E-state index is 13.4. The third-order valence-electron chi connectivity index (χ3n) is 6.83. The Labute approximate surface area is 227 Å². The van der Waals surface area contributed by atoms with E-state index in [4.69, 9.17) is 16.7 Å². The molecule has 0 aliphatic heterocycles. The van der Waals surface area contributed by atoms with E-state index in [1.165, 1.54) is 6.08 Å². The van der Waals surface area contributed by atoms with Crippen LogP contribution in [0.5, 0.6) is 0 Å². The molecule has 2 heterocycles. The molecule has 5 nitrogen and oxygen atoms in total. The first-order chi connectivity index (χ1) is 18.7. The zero-order valence-corrected chi connectivity index (χ0v) is 21.3. The quantitative estimate of drug-likeness (QED) is 0.229. The third-order valence-corrected chi connectivity index (χ3v) is 7.12. The molecule has 1 fully saturated rings. The molecule has 4 aromatic rings. The molecule has 0 radical (unpaired) electrons. The monoisotopic (exact) mass is 549 g/mol. The van der Waals surface area contributed by atoms with E-state index in [0.717, 1.165) is 71.0 Å². The molecule has 0 amide bonds. The lowest BCUT2D eigenvalue weighted by Crippen LogP contribution is -2.17. The Bertz CT molecular complexity index is 1540. The molecule has 2 N–H and O–H groups in total. The van der Waals surface area contributed by atoms with E-state index in [2.05, 4.69) is 15.2 Å². The highest BCUT2D eigenvalue weighted by Crippen LogP contribution is 2.47. The SMILES string of the molecule is O=C(O)/C=C/c1ccc(/C(=C(\c2ncc(C(F)(F)F)cc2Cl)C2CCC2)c2ccc(-c3cn[nH]c3)cc2)cc1. The van der Waals surface area contributed by atoms with Crippen LogP contribution < -0.4 is 0 Å². The first kappa shape index (κ1) is 26.4. The normalized spacial score (nSPS) is 14.8. The molecule has 9 heteroatoms. The maximum absolute atomic E-state index is 13.4. The van der Waals surface area contributed by atoms with Crippen LogP contribution >= 0.6 is 11.6 Å². The molecule has 0 unspecified atom stereocenters. The minimum atomic E-state index is -4.55. The van der Waals surface area contributed by atoms with Gasteiger partial charge in [-0.3, -0.25) is 10.1 Å². The predicted octanol–water partition coefficient (Wildman–Crippen LogP) is 8.00. The van der Waals surface area contributed by atoms with Gasteiger partial charge in [-0.1, -0.05) is 66.6 Å². The molecule has 1 aliphatic carbocycles. The molecule has 0 bridgehead atoms. The summed E-state index contributed by atoms with van der Waals surface area (Å²) in [6, 6.07) is 16.1. The van der Waals surface area contributed by atoms with Crippen LogP contribution in [0.2, 0.25) is 5.02 Å². The second kappa shape index (κ2) is 10.9. The van der Waals surface area contributed by atoms with Crippen molar-refractivity contribution in [2.24, 2.45) is 5.92 Å². The largest absolute Gasteiger partial charge is 0.478 e. The number of carboxylic acid groups (broad SMARTS) is 1. The smallest absolute Gasteiger partial charge is 0.417 e. The minimum Gasteiger partial charge on any atom is -0.478 e. The number of benzene rings is 2. The van der Waals surface area contributed by atoms with Crippen LogP contribution in [0.1, 0.15) is 47.2 Å². The second-order valence-corrected chi connectivity index (χ2v) is 9.73. The Hall–Kier alpha value is -4.17. The predicted molar refractivity (Wildman–Crippen MR) is 145 cm³/mol. The van der Waals surface area contributed by atoms with Crippen LogP contribution in [-0.4, -0.2) is 26.3 Å². The summed E-state index contributed by atoms with van der Waals surface area (Å²) in [5.74, 6) is -0.977. The van der Waals surface area contributed by atoms with Crippen molar-refractivity contribution >= 4 is 34.8 Å². The van der Waals surface area contributed by atoms with Crippen LogP contribution in [-0.2, 0) is 11.0 Å². The number of hydrogen-bond donors (Lipinski definition) is 2. The lowest BCUT2D eigenvalue weighted by Gasteiger charge is -2.31. The van der Waals surface area contributed by atoms with Gasteiger partial charge in [-0.25, -0.2) is 4.79 Å². The average molecular weight is 550 g/mol. The number of aliphatic carboxylic acids is 1. The fourth-order valence-electron chi connectivity index (χ4n) is 4.65. The van der Waals surface area contributed by atoms with E-state index in [9.17, 15) is 18.0 Å². The molecule has 0 spiro atoms. The van der Waals surface area contributed by atoms with Crippen LogP contribution in [0.4, 0.5) is 13.2 Å². The minimum absolute atomic E-state index is 0.0553. The molecule has 1 aliphatic rings. The van der Waals surface area contributed by atoms with E-state index >= 15 is 0 Å². The van der Waals surface area contributed by atoms with E-state index in [1.807, 2.05) is 36.4 Å². The zero-order chi connectivity index (χ0) is 27.6. The van der Waals surface area contributed by atoms with Gasteiger partial charge in [0.2, 0.25) is 0 Å². The zero-order valence-electron chi connectivity index (χ0n) is 20.5. The summed E-state index contributed by atoms with van der Waals surface area (Å²) in [4.78, 5) is 15.2. The van der Waals surface area contributed by atoms with Crippen molar-refractivity contribution in [2.45, 2.75) is 25.4 Å². The summed E-state index contributed by atoms with van der Waals surface area (Å²) in [5.41, 5.74) is 5.31. The summed E-state index contributed by atoms with van der Waals surface area (Å²) in [7, 11) is 0. The molecule has 0 saturated heterocycles. The van der Waals surface area contributed by atoms with Gasteiger partial charge in [0.1, 0.15) is 0 Å². The summed E-state index contributed by atoms with van der Waals surface area (Å²) in [5, 5.41) is 15.7. The number of rotatable bonds is 7. The molecule has 39 heavy (non-hydrogen) atoms. The number of aromatic amines is 1. The third kappa shape index (κ3) is 5.81. The number of hydrogen-bond acceptors (Lipinski definition) is 3. The van der Waals surface area contributed by atoms with Crippen LogP contribution in [0.3, 0.4) is 0 Å². The molecular formula is C30H23ClF3N3O2. The van der Waals surface area contributed by atoms with Gasteiger partial charge in [-0.05, 0) is 64.3 Å². The van der Waals surface area contributed by atoms with Crippen molar-refractivity contribution in [1.82, 2.24) is 15.2 Å². The number of nitrogens with zero attached hydrogens (tertiary/aromatic N) is 2. The number of carbonyl (C=O) groups is 1. The van der Waals surface area contributed by atoms with Gasteiger partial charge in [0.25, 0.3) is 0 Å². The summed E-state index contributed by atoms with van der Waals surface area (Å²) in [6.45, 7) is 0. The molecule has 1 saturated carbocycles. The van der Waals surface area contributed by atoms with Gasteiger partial charge in [0.05, 0.1) is 22.5 Å². The van der Waals surface area contributed by atoms with Crippen molar-refractivity contribution in [3.63, 3.8) is 0 Å². The number of allylic oxidation sites excluding steroid dienone is 1. The summed E-state index contributed by atoms with van der Waals surface area (Å²) < 4.78 is 40.1. The number of aromatic nitrogens is 3. The molecular weight excluding hydrogens is 527 g/mol. The average Bonchev–Trinajstić information content (AvgIpc) is 3.42. The molecule has 198 valence electrons. The Morgan fingerprint density at radius 1 is 1.00 bits per heavy atom. The first-order valence-electron chi connectivity index (χ1n) is 12.3. The van der Waals surface area contributed by atoms with Gasteiger partial charge >= 0.3 is 12.1 Å². The lowest BCUT2D eigenvalue weighted by atomic mass is 9.74. The molecule has 2 aromatic heterocycles. The van der Waals surface area contributed by atoms with Crippen molar-refractivity contribution < 1.29 is 23.1 Å². The Kier molecular flexibility index (Phi) is 7.39. The molecule has 2 aromatic carbocycles. The van der Waals surface area contributed by atoms with Crippen molar-refractivity contribution in [2.75, 3.05) is 0 Å². The maximum Gasteiger partial charge on any atom is 0.417 e. The van der Waals surface area contributed by atoms with Crippen LogP contribution in [0, 0.1) is 5.92 Å². The van der Waals surface area contributed by atoms with Gasteiger partial charge in [0.15, 0.2) is 0 Å². The highest BCUT2D eigenvalue weighted by atomic mass is 35.5. The number of alkyl halides is 3. The van der Waals surface area contributed by atoms with E-state index in [0.29, 0.717) is 11.3 Å². The Morgan fingerprint density at radius 2 is 1.67 bits per heavy atom. The van der Waals surface area contributed by atoms with Gasteiger partial charge in [-0.2, -0.15) is 18.3 Å². The molecule has 5 rings (SSSR count). The number of halogens is 4. The summed E-state index contributed by atoms with van der Waals surface area (Å²) in [6.07, 6.45) is 5.08. The topological polar surface area (TPSA) is 78.9 Å². The number of pyridine rings is 1. The van der Waals surface area contributed by atoms with E-state index < -0.39 is 17.7 Å². The summed E-state index contributed by atoms with van der Waals surface area (Å²) >= 11 is 6.49. The van der Waals surface area contributed by atoms with E-state index in [-0.39, 0.29) is 10.9 Å². The number of carboxylic acids is 1. The highest BCUT2D eigenvalue weighted by molar-refractivity contribution is 6.32. The lowest BCUT2D eigenvalue weighted by molar-refractivity contribution is -0.138. The number of nitrogens with one attached hydrogen (secondary N) is 1. The van der Waals surface area contributed by atoms with Gasteiger partial charge in [0, 0.05) is 24.0 Å². The Morgan fingerprint density at radius 3 is 2.18 bits per heavy atom. The van der Waals surface area contributed by atoms with Gasteiger partial charge < -0.3 is 5.11 Å². The van der Waals surface area contributed by atoms with Crippen molar-refractivity contribution in [3.05, 3.63) is 112 Å². The fourth-order valence-corrected chi connectivity index (χ4v) is 4.92. The van der Waals surface area contributed by atoms with Crippen LogP contribution in [0.15, 0.2) is 79.3 Å².